The van der Waals surface area contributed by atoms with Crippen LogP contribution < -0.4 is 0 Å². The van der Waals surface area contributed by atoms with Crippen LogP contribution in [0.4, 0.5) is 0 Å². The molecule has 2 heteroatoms. The lowest BCUT2D eigenvalue weighted by Crippen LogP contribution is -1.88. The quantitative estimate of drug-likeness (QED) is 0.569. The fraction of sp³-hybridized carbons (Fsp3) is 0.667. The minimum Gasteiger partial charge on any atom is -0.129 e. The SMILES string of the molecule is CC1=C(Br)C(C)CS1. The molecule has 46 valence electrons. The van der Waals surface area contributed by atoms with Gasteiger partial charge in [0.15, 0.2) is 0 Å². The van der Waals surface area contributed by atoms with E-state index in [-0.39, 0.29) is 0 Å². The summed E-state index contributed by atoms with van der Waals surface area (Å²) in [4.78, 5) is 1.46. The highest BCUT2D eigenvalue weighted by atomic mass is 79.9. The van der Waals surface area contributed by atoms with Crippen molar-refractivity contribution in [2.45, 2.75) is 13.8 Å². The fourth-order valence-electron chi connectivity index (χ4n) is 0.739. The van der Waals surface area contributed by atoms with Gasteiger partial charge in [-0.05, 0) is 17.7 Å². The van der Waals surface area contributed by atoms with E-state index in [1.54, 1.807) is 0 Å². The van der Waals surface area contributed by atoms with Gasteiger partial charge >= 0.3 is 0 Å². The van der Waals surface area contributed by atoms with Crippen LogP contribution in [0.1, 0.15) is 13.8 Å². The van der Waals surface area contributed by atoms with Crippen LogP contribution in [-0.2, 0) is 0 Å². The molecule has 0 amide bonds. The molecule has 8 heavy (non-hydrogen) atoms. The Morgan fingerprint density at radius 1 is 1.75 bits per heavy atom. The van der Waals surface area contributed by atoms with Crippen LogP contribution in [-0.4, -0.2) is 5.75 Å². The van der Waals surface area contributed by atoms with Crippen molar-refractivity contribution < 1.29 is 0 Å². The van der Waals surface area contributed by atoms with Crippen LogP contribution >= 0.6 is 27.7 Å². The summed E-state index contributed by atoms with van der Waals surface area (Å²) in [6.07, 6.45) is 0. The van der Waals surface area contributed by atoms with Gasteiger partial charge in [0.05, 0.1) is 0 Å². The van der Waals surface area contributed by atoms with E-state index < -0.39 is 0 Å². The Hall–Kier alpha value is 0.570. The van der Waals surface area contributed by atoms with Crippen molar-refractivity contribution in [3.63, 3.8) is 0 Å². The molecule has 0 nitrogen and oxygen atoms in total. The number of allylic oxidation sites excluding steroid dienone is 2. The largest absolute Gasteiger partial charge is 0.129 e. The van der Waals surface area contributed by atoms with Gasteiger partial charge in [-0.15, -0.1) is 11.8 Å². The highest BCUT2D eigenvalue weighted by Crippen LogP contribution is 2.38. The van der Waals surface area contributed by atoms with Gasteiger partial charge in [-0.1, -0.05) is 22.9 Å². The molecule has 0 saturated carbocycles. The number of hydrogen-bond donors (Lipinski definition) is 0. The highest BCUT2D eigenvalue weighted by molar-refractivity contribution is 9.11. The maximum Gasteiger partial charge on any atom is 0.00793 e. The number of thioether (sulfide) groups is 1. The van der Waals surface area contributed by atoms with Gasteiger partial charge in [-0.3, -0.25) is 0 Å². The molecule has 0 saturated heterocycles. The normalized spacial score (nSPS) is 29.6. The van der Waals surface area contributed by atoms with Crippen molar-refractivity contribution in [3.8, 4) is 0 Å². The Balaban J connectivity index is 2.71. The summed E-state index contributed by atoms with van der Waals surface area (Å²) >= 11 is 5.47. The Labute approximate surface area is 62.9 Å². The Bertz CT molecular complexity index is 128. The third-order valence-corrected chi connectivity index (χ3v) is 4.28. The van der Waals surface area contributed by atoms with Crippen molar-refractivity contribution in [1.82, 2.24) is 0 Å². The summed E-state index contributed by atoms with van der Waals surface area (Å²) in [5, 5.41) is 0. The lowest BCUT2D eigenvalue weighted by atomic mass is 10.2. The van der Waals surface area contributed by atoms with E-state index >= 15 is 0 Å². The topological polar surface area (TPSA) is 0 Å². The smallest absolute Gasteiger partial charge is 0.00793 e. The number of halogens is 1. The molecular formula is C6H9BrS. The molecule has 0 fully saturated rings. The van der Waals surface area contributed by atoms with Crippen LogP contribution in [0.25, 0.3) is 0 Å². The molecule has 0 bridgehead atoms. The third kappa shape index (κ3) is 1.11. The molecule has 0 spiro atoms. The Morgan fingerprint density at radius 2 is 2.38 bits per heavy atom. The predicted octanol–water partition coefficient (Wildman–Crippen LogP) is 3.00. The highest BCUT2D eigenvalue weighted by Gasteiger charge is 2.16. The zero-order valence-electron chi connectivity index (χ0n) is 5.07. The molecule has 0 aromatic carbocycles. The molecule has 1 heterocycles. The van der Waals surface area contributed by atoms with Crippen LogP contribution in [0, 0.1) is 5.92 Å². The van der Waals surface area contributed by atoms with Gasteiger partial charge in [0, 0.05) is 10.2 Å². The molecule has 1 aliphatic heterocycles. The van der Waals surface area contributed by atoms with Crippen molar-refractivity contribution in [2.24, 2.45) is 5.92 Å². The monoisotopic (exact) mass is 192 g/mol. The second-order valence-corrected chi connectivity index (χ2v) is 4.20. The minimum atomic E-state index is 0.750. The molecule has 0 radical (unpaired) electrons. The molecule has 1 rings (SSSR count). The van der Waals surface area contributed by atoms with E-state index in [9.17, 15) is 0 Å². The summed E-state index contributed by atoms with van der Waals surface area (Å²) in [6, 6.07) is 0. The average molecular weight is 193 g/mol. The number of rotatable bonds is 0. The zero-order valence-corrected chi connectivity index (χ0v) is 7.47. The van der Waals surface area contributed by atoms with Gasteiger partial charge < -0.3 is 0 Å². The minimum absolute atomic E-state index is 0.750. The molecule has 1 aliphatic rings. The van der Waals surface area contributed by atoms with Crippen molar-refractivity contribution >= 4 is 27.7 Å². The summed E-state index contributed by atoms with van der Waals surface area (Å²) in [7, 11) is 0. The molecule has 0 aromatic heterocycles. The zero-order chi connectivity index (χ0) is 6.15. The Morgan fingerprint density at radius 3 is 2.50 bits per heavy atom. The van der Waals surface area contributed by atoms with Gasteiger partial charge in [0.25, 0.3) is 0 Å². The van der Waals surface area contributed by atoms with E-state index in [2.05, 4.69) is 29.8 Å². The standard InChI is InChI=1S/C6H9BrS/c1-4-3-8-5(2)6(4)7/h4H,3H2,1-2H3. The van der Waals surface area contributed by atoms with Crippen molar-refractivity contribution in [2.75, 3.05) is 5.75 Å². The summed E-state index contributed by atoms with van der Waals surface area (Å²) in [5.74, 6) is 2.01. The second kappa shape index (κ2) is 2.44. The summed E-state index contributed by atoms with van der Waals surface area (Å²) in [5.41, 5.74) is 0. The predicted molar refractivity (Wildman–Crippen MR) is 43.2 cm³/mol. The maximum absolute atomic E-state index is 3.53. The maximum atomic E-state index is 3.53. The first kappa shape index (κ1) is 6.69. The van der Waals surface area contributed by atoms with Crippen LogP contribution in [0.15, 0.2) is 9.39 Å². The lowest BCUT2D eigenvalue weighted by molar-refractivity contribution is 0.847. The van der Waals surface area contributed by atoms with Gasteiger partial charge in [-0.2, -0.15) is 0 Å². The lowest BCUT2D eigenvalue weighted by Gasteiger charge is -1.96. The van der Waals surface area contributed by atoms with Crippen molar-refractivity contribution in [1.29, 1.82) is 0 Å². The van der Waals surface area contributed by atoms with E-state index in [1.165, 1.54) is 15.1 Å². The molecule has 1 unspecified atom stereocenters. The average Bonchev–Trinajstić information content (AvgIpc) is 1.98. The first-order valence-electron chi connectivity index (χ1n) is 2.71. The molecule has 1 atom stereocenters. The Kier molecular flexibility index (Phi) is 2.04. The molecule has 0 aliphatic carbocycles. The van der Waals surface area contributed by atoms with E-state index in [4.69, 9.17) is 0 Å². The first-order chi connectivity index (χ1) is 3.72. The first-order valence-corrected chi connectivity index (χ1v) is 4.48. The molecule has 0 aromatic rings. The third-order valence-electron chi connectivity index (χ3n) is 1.32. The van der Waals surface area contributed by atoms with Crippen LogP contribution in [0.2, 0.25) is 0 Å². The van der Waals surface area contributed by atoms with Crippen LogP contribution in [0.3, 0.4) is 0 Å². The second-order valence-electron chi connectivity index (χ2n) is 2.12. The molecule has 0 N–H and O–H groups in total. The van der Waals surface area contributed by atoms with Gasteiger partial charge in [-0.25, -0.2) is 0 Å². The van der Waals surface area contributed by atoms with Crippen LogP contribution in [0.5, 0.6) is 0 Å². The van der Waals surface area contributed by atoms with E-state index in [1.807, 2.05) is 11.8 Å². The van der Waals surface area contributed by atoms with Crippen molar-refractivity contribution in [3.05, 3.63) is 9.39 Å². The summed E-state index contributed by atoms with van der Waals surface area (Å²) in [6.45, 7) is 4.41. The summed E-state index contributed by atoms with van der Waals surface area (Å²) < 4.78 is 1.41. The number of hydrogen-bond acceptors (Lipinski definition) is 1. The van der Waals surface area contributed by atoms with Gasteiger partial charge in [0.1, 0.15) is 0 Å². The fourth-order valence-corrected chi connectivity index (χ4v) is 2.46. The van der Waals surface area contributed by atoms with E-state index in [0.717, 1.165) is 5.92 Å². The van der Waals surface area contributed by atoms with Gasteiger partial charge in [0.2, 0.25) is 0 Å². The van der Waals surface area contributed by atoms with E-state index in [0.29, 0.717) is 0 Å². The molecular weight excluding hydrogens is 184 g/mol.